The molecule has 3 aliphatic rings. The number of H-pyrrole nitrogens is 1. The van der Waals surface area contributed by atoms with Gasteiger partial charge < -0.3 is 30.0 Å². The molecule has 12 nitrogen and oxygen atoms in total. The highest BCUT2D eigenvalue weighted by Gasteiger charge is 2.40. The van der Waals surface area contributed by atoms with Gasteiger partial charge in [0.05, 0.1) is 5.39 Å². The Bertz CT molecular complexity index is 1790. The molecule has 2 amide bonds. The number of carbonyl (C=O) groups is 2. The van der Waals surface area contributed by atoms with Crippen molar-refractivity contribution in [3.05, 3.63) is 66.2 Å². The van der Waals surface area contributed by atoms with Crippen LogP contribution in [0.4, 0.5) is 16.3 Å². The Balaban J connectivity index is 0.967. The molecule has 49 heavy (non-hydrogen) atoms. The molecule has 0 unspecified atom stereocenters. The topological polar surface area (TPSA) is 138 Å². The highest BCUT2D eigenvalue weighted by molar-refractivity contribution is 6.03. The molecule has 7 rings (SSSR count). The number of rotatable bonds is 7. The minimum absolute atomic E-state index is 0.0188. The molecule has 1 atom stereocenters. The molecule has 0 radical (unpaired) electrons. The van der Waals surface area contributed by atoms with Gasteiger partial charge >= 0.3 is 6.09 Å². The second-order valence-corrected chi connectivity index (χ2v) is 14.7. The number of anilines is 2. The number of carbonyl (C=O) groups excluding carboxylic acids is 2. The summed E-state index contributed by atoms with van der Waals surface area (Å²) in [6, 6.07) is 13.7. The molecular weight excluding hydrogens is 620 g/mol. The van der Waals surface area contributed by atoms with E-state index in [1.165, 1.54) is 6.42 Å². The maximum Gasteiger partial charge on any atom is 0.407 e. The highest BCUT2D eigenvalue weighted by Crippen LogP contribution is 2.42. The van der Waals surface area contributed by atoms with Crippen LogP contribution in [0.5, 0.6) is 0 Å². The summed E-state index contributed by atoms with van der Waals surface area (Å²) in [7, 11) is 0. The first-order valence-electron chi connectivity index (χ1n) is 17.4. The molecule has 0 bridgehead atoms. The zero-order chi connectivity index (χ0) is 34.0. The van der Waals surface area contributed by atoms with E-state index in [-0.39, 0.29) is 18.0 Å². The fraction of sp³-hybridized carbons (Fsp3) is 0.486. The molecule has 3 aliphatic heterocycles. The number of nitrogens with one attached hydrogen (secondary N) is 3. The Labute approximate surface area is 287 Å². The van der Waals surface area contributed by atoms with Gasteiger partial charge in [-0.05, 0) is 106 Å². The number of alkyl carbamates (subject to hydrolysis) is 1. The maximum absolute atomic E-state index is 13.2. The van der Waals surface area contributed by atoms with Gasteiger partial charge in [0.25, 0.3) is 5.91 Å². The van der Waals surface area contributed by atoms with Crippen LogP contribution in [0.2, 0.25) is 0 Å². The molecule has 0 saturated carbocycles. The molecule has 3 fully saturated rings. The van der Waals surface area contributed by atoms with Gasteiger partial charge in [-0.15, -0.1) is 0 Å². The van der Waals surface area contributed by atoms with E-state index < -0.39 is 5.60 Å². The minimum Gasteiger partial charge on any atom is -0.444 e. The molecule has 3 aromatic heterocycles. The van der Waals surface area contributed by atoms with Crippen molar-refractivity contribution in [2.75, 3.05) is 49.6 Å². The quantitative estimate of drug-likeness (QED) is 0.225. The zero-order valence-electron chi connectivity index (χ0n) is 28.6. The Hall–Kier alpha value is -4.55. The predicted molar refractivity (Wildman–Crippen MR) is 188 cm³/mol. The van der Waals surface area contributed by atoms with Crippen LogP contribution >= 0.6 is 0 Å². The van der Waals surface area contributed by atoms with Gasteiger partial charge in [0, 0.05) is 63.0 Å². The summed E-state index contributed by atoms with van der Waals surface area (Å²) in [5.74, 6) is 0.711. The van der Waals surface area contributed by atoms with Gasteiger partial charge in [-0.2, -0.15) is 0 Å². The summed E-state index contributed by atoms with van der Waals surface area (Å²) >= 11 is 0. The number of nitrogens with zero attached hydrogens (tertiary/aromatic N) is 5. The molecule has 4 aromatic rings. The SMILES string of the molecule is CC(C)(C)OC(=O)N[C@@H]1CCCN(Cc2ccnc(C(=O)Nc3ccc(-c4cc5c(N6CCC7(CCOCC7)C6)ncnc5[nH]4)cc3)c2)C1. The fourth-order valence-electron chi connectivity index (χ4n) is 7.34. The lowest BCUT2D eigenvalue weighted by Gasteiger charge is -2.33. The monoisotopic (exact) mass is 666 g/mol. The van der Waals surface area contributed by atoms with Gasteiger partial charge in [-0.3, -0.25) is 14.7 Å². The summed E-state index contributed by atoms with van der Waals surface area (Å²) in [5.41, 5.74) is 4.58. The van der Waals surface area contributed by atoms with E-state index in [2.05, 4.69) is 41.5 Å². The van der Waals surface area contributed by atoms with Gasteiger partial charge in [0.1, 0.15) is 29.1 Å². The Morgan fingerprint density at radius 3 is 2.65 bits per heavy atom. The lowest BCUT2D eigenvalue weighted by atomic mass is 9.80. The Kier molecular flexibility index (Phi) is 9.25. The minimum atomic E-state index is -0.533. The average molecular weight is 667 g/mol. The van der Waals surface area contributed by atoms with Crippen LogP contribution in [0.25, 0.3) is 22.3 Å². The number of ether oxygens (including phenoxy) is 2. The normalized spacial score (nSPS) is 19.7. The van der Waals surface area contributed by atoms with Crippen molar-refractivity contribution in [2.24, 2.45) is 5.41 Å². The summed E-state index contributed by atoms with van der Waals surface area (Å²) in [5, 5.41) is 7.01. The number of fused-ring (bicyclic) bond motifs is 1. The lowest BCUT2D eigenvalue weighted by Crippen LogP contribution is -2.48. The summed E-state index contributed by atoms with van der Waals surface area (Å²) in [6.07, 6.45) is 8.18. The van der Waals surface area contributed by atoms with E-state index in [1.54, 1.807) is 12.5 Å². The van der Waals surface area contributed by atoms with E-state index in [4.69, 9.17) is 14.5 Å². The number of hydrogen-bond acceptors (Lipinski definition) is 9. The first kappa shape index (κ1) is 33.0. The Morgan fingerprint density at radius 1 is 1.04 bits per heavy atom. The molecule has 258 valence electrons. The molecule has 6 heterocycles. The number of piperidine rings is 1. The molecule has 3 saturated heterocycles. The average Bonchev–Trinajstić information content (AvgIpc) is 3.69. The molecule has 1 aromatic carbocycles. The number of hydrogen-bond donors (Lipinski definition) is 3. The van der Waals surface area contributed by atoms with E-state index in [0.717, 1.165) is 92.2 Å². The third-order valence-corrected chi connectivity index (χ3v) is 9.84. The summed E-state index contributed by atoms with van der Waals surface area (Å²) in [6.45, 7) is 11.6. The van der Waals surface area contributed by atoms with Gasteiger partial charge in [-0.25, -0.2) is 14.8 Å². The van der Waals surface area contributed by atoms with Crippen molar-refractivity contribution < 1.29 is 19.1 Å². The van der Waals surface area contributed by atoms with Crippen molar-refractivity contribution in [3.8, 4) is 11.3 Å². The van der Waals surface area contributed by atoms with Gasteiger partial charge in [-0.1, -0.05) is 12.1 Å². The first-order chi connectivity index (χ1) is 23.6. The van der Waals surface area contributed by atoms with Crippen molar-refractivity contribution >= 4 is 34.5 Å². The molecule has 0 aliphatic carbocycles. The number of aromatic amines is 1. The smallest absolute Gasteiger partial charge is 0.407 e. The number of likely N-dealkylation sites (tertiary alicyclic amines) is 1. The lowest BCUT2D eigenvalue weighted by molar-refractivity contribution is 0.0254. The third kappa shape index (κ3) is 7.86. The van der Waals surface area contributed by atoms with Crippen LogP contribution < -0.4 is 15.5 Å². The predicted octanol–water partition coefficient (Wildman–Crippen LogP) is 5.77. The third-order valence-electron chi connectivity index (χ3n) is 9.84. The Morgan fingerprint density at radius 2 is 1.86 bits per heavy atom. The van der Waals surface area contributed by atoms with E-state index >= 15 is 0 Å². The second kappa shape index (κ2) is 13.8. The zero-order valence-corrected chi connectivity index (χ0v) is 28.6. The van der Waals surface area contributed by atoms with Crippen molar-refractivity contribution in [1.29, 1.82) is 0 Å². The van der Waals surface area contributed by atoms with Crippen LogP contribution in [0, 0.1) is 5.41 Å². The molecule has 12 heteroatoms. The summed E-state index contributed by atoms with van der Waals surface area (Å²) < 4.78 is 11.1. The van der Waals surface area contributed by atoms with Crippen LogP contribution in [-0.4, -0.2) is 87.9 Å². The number of pyridine rings is 1. The van der Waals surface area contributed by atoms with Crippen molar-refractivity contribution in [2.45, 2.75) is 71.1 Å². The van der Waals surface area contributed by atoms with Crippen LogP contribution in [-0.2, 0) is 16.0 Å². The highest BCUT2D eigenvalue weighted by atomic mass is 16.6. The molecule has 3 N–H and O–H groups in total. The van der Waals surface area contributed by atoms with Crippen LogP contribution in [0.15, 0.2) is 55.0 Å². The van der Waals surface area contributed by atoms with Crippen LogP contribution in [0.1, 0.15) is 68.9 Å². The van der Waals surface area contributed by atoms with E-state index in [9.17, 15) is 9.59 Å². The number of aromatic nitrogens is 4. The molecule has 1 spiro atoms. The van der Waals surface area contributed by atoms with Crippen molar-refractivity contribution in [3.63, 3.8) is 0 Å². The summed E-state index contributed by atoms with van der Waals surface area (Å²) in [4.78, 5) is 47.2. The van der Waals surface area contributed by atoms with Crippen LogP contribution in [0.3, 0.4) is 0 Å². The molecular formula is C37H46N8O4. The van der Waals surface area contributed by atoms with Gasteiger partial charge in [0.2, 0.25) is 0 Å². The van der Waals surface area contributed by atoms with Gasteiger partial charge in [0.15, 0.2) is 0 Å². The van der Waals surface area contributed by atoms with Crippen molar-refractivity contribution in [1.82, 2.24) is 30.2 Å². The second-order valence-electron chi connectivity index (χ2n) is 14.7. The maximum atomic E-state index is 13.2. The van der Waals surface area contributed by atoms with E-state index in [1.807, 2.05) is 57.2 Å². The van der Waals surface area contributed by atoms with E-state index in [0.29, 0.717) is 29.9 Å². The standard InChI is InChI=1S/C37H46N8O4/c1-36(2,3)49-35(47)42-28-5-4-15-44(22-28)21-25-10-14-38-31(19-25)34(46)41-27-8-6-26(7-9-27)30-20-29-32(43-30)39-24-40-33(29)45-16-11-37(23-45)12-17-48-18-13-37/h6-10,14,19-20,24,28H,4-5,11-13,15-18,21-23H2,1-3H3,(H,41,46)(H,42,47)(H,39,40,43)/t28-/m1/s1. The number of benzene rings is 1. The first-order valence-corrected chi connectivity index (χ1v) is 17.4. The number of amides is 2. The fourth-order valence-corrected chi connectivity index (χ4v) is 7.34. The largest absolute Gasteiger partial charge is 0.444 e.